The number of quaternary nitrogens is 1. The van der Waals surface area contributed by atoms with Crippen molar-refractivity contribution >= 4 is 13.8 Å². The summed E-state index contributed by atoms with van der Waals surface area (Å²) in [5.74, 6) is -0.354. The minimum absolute atomic E-state index is 0.0296. The van der Waals surface area contributed by atoms with Crippen molar-refractivity contribution in [1.82, 2.24) is 0 Å². The molecule has 0 amide bonds. The zero-order chi connectivity index (χ0) is 36.3. The normalized spacial score (nSPS) is 13.8. The van der Waals surface area contributed by atoms with Crippen molar-refractivity contribution in [3.05, 3.63) is 0 Å². The fourth-order valence-corrected chi connectivity index (χ4v) is 6.63. The highest BCUT2D eigenvalue weighted by atomic mass is 31.2. The summed E-state index contributed by atoms with van der Waals surface area (Å²) < 4.78 is 34.1. The summed E-state index contributed by atoms with van der Waals surface area (Å²) >= 11 is 0. The van der Waals surface area contributed by atoms with Crippen molar-refractivity contribution in [2.45, 2.75) is 200 Å². The molecule has 0 aromatic heterocycles. The van der Waals surface area contributed by atoms with E-state index >= 15 is 0 Å². The summed E-state index contributed by atoms with van der Waals surface area (Å²) in [6.45, 7) is 5.27. The number of hydrogen-bond donors (Lipinski definition) is 0. The van der Waals surface area contributed by atoms with Gasteiger partial charge in [-0.1, -0.05) is 174 Å². The van der Waals surface area contributed by atoms with Gasteiger partial charge < -0.3 is 27.9 Å². The Morgan fingerprint density at radius 3 is 1.35 bits per heavy atom. The number of likely N-dealkylation sites (N-methyl/N-ethyl adjacent to an activating group) is 1. The summed E-state index contributed by atoms with van der Waals surface area (Å²) in [5, 5.41) is 0. The van der Waals surface area contributed by atoms with Crippen molar-refractivity contribution in [3.63, 3.8) is 0 Å². The molecule has 0 N–H and O–H groups in total. The van der Waals surface area contributed by atoms with Gasteiger partial charge in [-0.25, -0.2) is 0 Å². The molecular weight excluding hydrogens is 637 g/mol. The van der Waals surface area contributed by atoms with Gasteiger partial charge in [0.2, 0.25) is 0 Å². The van der Waals surface area contributed by atoms with Gasteiger partial charge in [-0.05, 0) is 12.8 Å². The van der Waals surface area contributed by atoms with Crippen LogP contribution in [0.25, 0.3) is 0 Å². The van der Waals surface area contributed by atoms with E-state index in [2.05, 4.69) is 13.8 Å². The molecule has 0 rings (SSSR count). The van der Waals surface area contributed by atoms with Crippen LogP contribution in [0, 0.1) is 0 Å². The van der Waals surface area contributed by atoms with Crippen LogP contribution >= 0.6 is 7.82 Å². The molecular formula is C40H82NO7P. The maximum atomic E-state index is 12.3. The van der Waals surface area contributed by atoms with Crippen LogP contribution < -0.4 is 4.89 Å². The average molecular weight is 720 g/mol. The molecule has 0 fully saturated rings. The minimum Gasteiger partial charge on any atom is -0.756 e. The molecule has 0 spiro atoms. The Kier molecular flexibility index (Phi) is 34.2. The highest BCUT2D eigenvalue weighted by Gasteiger charge is 2.20. The Labute approximate surface area is 304 Å². The van der Waals surface area contributed by atoms with Crippen LogP contribution in [-0.4, -0.2) is 70.7 Å². The monoisotopic (exact) mass is 720 g/mol. The molecule has 0 aliphatic rings. The number of nitrogens with zero attached hydrogens (tertiary/aromatic N) is 1. The zero-order valence-corrected chi connectivity index (χ0v) is 34.1. The first-order valence-corrected chi connectivity index (χ1v) is 22.2. The van der Waals surface area contributed by atoms with Crippen molar-refractivity contribution < 1.29 is 37.3 Å². The minimum atomic E-state index is -4.49. The predicted octanol–water partition coefficient (Wildman–Crippen LogP) is 11.1. The predicted molar refractivity (Wildman–Crippen MR) is 204 cm³/mol. The van der Waals surface area contributed by atoms with Gasteiger partial charge in [0, 0.05) is 13.0 Å². The Balaban J connectivity index is 3.76. The van der Waals surface area contributed by atoms with Crippen LogP contribution in [0.4, 0.5) is 0 Å². The van der Waals surface area contributed by atoms with Gasteiger partial charge in [-0.15, -0.1) is 0 Å². The van der Waals surface area contributed by atoms with Crippen LogP contribution in [0.5, 0.6) is 0 Å². The SMILES string of the molecule is CCCCCCCCCCCCCCCCCCCCCCCCCCOCC(COP(=O)([O-])OCC[N+](C)(C)C)OC(=O)CCCCC. The van der Waals surface area contributed by atoms with Gasteiger partial charge in [0.15, 0.2) is 0 Å². The lowest BCUT2D eigenvalue weighted by molar-refractivity contribution is -0.870. The van der Waals surface area contributed by atoms with Crippen LogP contribution in [0.1, 0.15) is 194 Å². The van der Waals surface area contributed by atoms with Crippen LogP contribution in [0.15, 0.2) is 0 Å². The number of carbonyl (C=O) groups is 1. The molecule has 0 aliphatic heterocycles. The second-order valence-electron chi connectivity index (χ2n) is 15.4. The van der Waals surface area contributed by atoms with E-state index in [1.54, 1.807) is 0 Å². The molecule has 0 bridgehead atoms. The number of rotatable bonds is 39. The topological polar surface area (TPSA) is 94.1 Å². The molecule has 0 radical (unpaired) electrons. The van der Waals surface area contributed by atoms with Crippen molar-refractivity contribution in [1.29, 1.82) is 0 Å². The average Bonchev–Trinajstić information content (AvgIpc) is 3.04. The lowest BCUT2D eigenvalue weighted by Crippen LogP contribution is -2.37. The summed E-state index contributed by atoms with van der Waals surface area (Å²) in [7, 11) is 1.36. The van der Waals surface area contributed by atoms with Crippen LogP contribution in [0.3, 0.4) is 0 Å². The van der Waals surface area contributed by atoms with Crippen LogP contribution in [-0.2, 0) is 27.9 Å². The number of esters is 1. The fraction of sp³-hybridized carbons (Fsp3) is 0.975. The third kappa shape index (κ3) is 38.6. The first kappa shape index (κ1) is 48.5. The summed E-state index contributed by atoms with van der Waals surface area (Å²) in [6, 6.07) is 0. The number of unbranched alkanes of at least 4 members (excludes halogenated alkanes) is 25. The van der Waals surface area contributed by atoms with Gasteiger partial charge >= 0.3 is 5.97 Å². The molecule has 0 aromatic carbocycles. The van der Waals surface area contributed by atoms with E-state index in [-0.39, 0.29) is 25.8 Å². The first-order valence-electron chi connectivity index (χ1n) is 20.8. The van der Waals surface area contributed by atoms with E-state index < -0.39 is 13.9 Å². The van der Waals surface area contributed by atoms with Crippen molar-refractivity contribution in [2.75, 3.05) is 54.1 Å². The molecule has 0 aliphatic carbocycles. The molecule has 0 aromatic rings. The van der Waals surface area contributed by atoms with Crippen LogP contribution in [0.2, 0.25) is 0 Å². The van der Waals surface area contributed by atoms with E-state index in [1.165, 1.54) is 141 Å². The van der Waals surface area contributed by atoms with Gasteiger partial charge in [-0.3, -0.25) is 9.36 Å². The van der Waals surface area contributed by atoms with Crippen molar-refractivity contribution in [2.24, 2.45) is 0 Å². The largest absolute Gasteiger partial charge is 0.756 e. The van der Waals surface area contributed by atoms with E-state index in [0.29, 0.717) is 24.1 Å². The zero-order valence-electron chi connectivity index (χ0n) is 33.2. The van der Waals surface area contributed by atoms with E-state index in [9.17, 15) is 14.3 Å². The second-order valence-corrected chi connectivity index (χ2v) is 16.8. The highest BCUT2D eigenvalue weighted by Crippen LogP contribution is 2.38. The lowest BCUT2D eigenvalue weighted by Gasteiger charge is -2.28. The lowest BCUT2D eigenvalue weighted by atomic mass is 10.0. The third-order valence-corrected chi connectivity index (χ3v) is 10.1. The number of carbonyl (C=O) groups excluding carboxylic acids is 1. The standard InChI is InChI=1S/C40H82NO7P/c1-6-8-10-11-12-13-14-15-16-17-18-19-20-21-22-23-24-25-26-27-28-29-30-32-35-45-37-39(48-40(42)33-31-9-7-2)38-47-49(43,44)46-36-34-41(3,4)5/h39H,6-38H2,1-5H3. The van der Waals surface area contributed by atoms with Gasteiger partial charge in [-0.2, -0.15) is 0 Å². The Morgan fingerprint density at radius 1 is 0.551 bits per heavy atom. The molecule has 2 atom stereocenters. The Hall–Kier alpha value is -0.500. The van der Waals surface area contributed by atoms with Gasteiger partial charge in [0.25, 0.3) is 7.82 Å². The molecule has 8 nitrogen and oxygen atoms in total. The maximum Gasteiger partial charge on any atom is 0.306 e. The number of ether oxygens (including phenoxy) is 2. The number of hydrogen-bond acceptors (Lipinski definition) is 7. The highest BCUT2D eigenvalue weighted by molar-refractivity contribution is 7.45. The fourth-order valence-electron chi connectivity index (χ4n) is 5.90. The molecule has 0 saturated carbocycles. The molecule has 2 unspecified atom stereocenters. The molecule has 294 valence electrons. The molecule has 9 heteroatoms. The summed E-state index contributed by atoms with van der Waals surface area (Å²) in [4.78, 5) is 24.5. The van der Waals surface area contributed by atoms with E-state index in [1.807, 2.05) is 21.1 Å². The smallest absolute Gasteiger partial charge is 0.306 e. The third-order valence-electron chi connectivity index (χ3n) is 9.16. The number of phosphoric acid groups is 1. The number of phosphoric ester groups is 1. The first-order chi connectivity index (χ1) is 23.6. The van der Waals surface area contributed by atoms with E-state index in [4.69, 9.17) is 18.5 Å². The molecule has 0 heterocycles. The molecule has 49 heavy (non-hydrogen) atoms. The van der Waals surface area contributed by atoms with Gasteiger partial charge in [0.1, 0.15) is 19.3 Å². The molecule has 0 saturated heterocycles. The second kappa shape index (κ2) is 34.6. The van der Waals surface area contributed by atoms with Crippen molar-refractivity contribution in [3.8, 4) is 0 Å². The van der Waals surface area contributed by atoms with E-state index in [0.717, 1.165) is 32.1 Å². The Morgan fingerprint density at radius 2 is 0.939 bits per heavy atom. The Bertz CT molecular complexity index is 761. The summed E-state index contributed by atoms with van der Waals surface area (Å²) in [6.07, 6.45) is 35.0. The quantitative estimate of drug-likeness (QED) is 0.0270. The maximum absolute atomic E-state index is 12.3. The summed E-state index contributed by atoms with van der Waals surface area (Å²) in [5.41, 5.74) is 0. The van der Waals surface area contributed by atoms with Gasteiger partial charge in [0.05, 0.1) is 34.4 Å².